The molecule has 148 valence electrons. The summed E-state index contributed by atoms with van der Waals surface area (Å²) < 4.78 is 7.01. The van der Waals surface area contributed by atoms with Gasteiger partial charge in [0.25, 0.3) is 5.91 Å². The molecule has 0 bridgehead atoms. The SMILES string of the molecule is Cc1cc2cc(Oc3ccnc4cc(C(=O)N5CCC[C@H]5CO)sc34)ccc2[nH]1. The van der Waals surface area contributed by atoms with Crippen molar-refractivity contribution in [2.24, 2.45) is 0 Å². The van der Waals surface area contributed by atoms with Gasteiger partial charge in [-0.15, -0.1) is 11.3 Å². The number of carbonyl (C=O) groups is 1. The molecule has 4 heterocycles. The fourth-order valence-corrected chi connectivity index (χ4v) is 5.00. The molecule has 7 heteroatoms. The summed E-state index contributed by atoms with van der Waals surface area (Å²) in [4.78, 5) is 23.1. The number of aliphatic hydroxyl groups is 1. The minimum Gasteiger partial charge on any atom is -0.456 e. The van der Waals surface area contributed by atoms with Crippen LogP contribution in [0.25, 0.3) is 21.1 Å². The normalized spacial score (nSPS) is 16.8. The first-order valence-electron chi connectivity index (χ1n) is 9.70. The van der Waals surface area contributed by atoms with Crippen molar-refractivity contribution in [2.45, 2.75) is 25.8 Å². The van der Waals surface area contributed by atoms with Gasteiger partial charge in [-0.1, -0.05) is 0 Å². The Morgan fingerprint density at radius 2 is 2.24 bits per heavy atom. The van der Waals surface area contributed by atoms with Gasteiger partial charge in [-0.05, 0) is 50.1 Å². The third kappa shape index (κ3) is 3.26. The van der Waals surface area contributed by atoms with E-state index in [1.165, 1.54) is 11.3 Å². The maximum absolute atomic E-state index is 13.0. The highest BCUT2D eigenvalue weighted by molar-refractivity contribution is 7.21. The molecule has 5 rings (SSSR count). The third-order valence-electron chi connectivity index (χ3n) is 5.39. The van der Waals surface area contributed by atoms with Crippen molar-refractivity contribution < 1.29 is 14.6 Å². The summed E-state index contributed by atoms with van der Waals surface area (Å²) in [5.41, 5.74) is 2.92. The largest absolute Gasteiger partial charge is 0.456 e. The topological polar surface area (TPSA) is 78.4 Å². The lowest BCUT2D eigenvalue weighted by Gasteiger charge is -2.22. The standard InChI is InChI=1S/C22H21N3O3S/c1-13-9-14-10-16(4-5-17(14)24-13)28-19-6-7-23-18-11-20(29-21(18)19)22(27)25-8-2-3-15(25)12-26/h4-7,9-11,15,24,26H,2-3,8,12H2,1H3/t15-/m0/s1. The number of aromatic amines is 1. The summed E-state index contributed by atoms with van der Waals surface area (Å²) in [6.45, 7) is 2.72. The average molecular weight is 407 g/mol. The monoisotopic (exact) mass is 407 g/mol. The average Bonchev–Trinajstić information content (AvgIpc) is 3.44. The van der Waals surface area contributed by atoms with E-state index in [4.69, 9.17) is 4.74 Å². The molecule has 0 unspecified atom stereocenters. The molecule has 1 fully saturated rings. The number of hydrogen-bond acceptors (Lipinski definition) is 5. The number of amides is 1. The van der Waals surface area contributed by atoms with E-state index < -0.39 is 0 Å². The summed E-state index contributed by atoms with van der Waals surface area (Å²) in [5, 5.41) is 10.6. The summed E-state index contributed by atoms with van der Waals surface area (Å²) in [7, 11) is 0. The van der Waals surface area contributed by atoms with Crippen LogP contribution in [0.3, 0.4) is 0 Å². The Morgan fingerprint density at radius 3 is 3.10 bits per heavy atom. The van der Waals surface area contributed by atoms with Crippen LogP contribution in [0, 0.1) is 6.92 Å². The summed E-state index contributed by atoms with van der Waals surface area (Å²) in [6, 6.07) is 11.6. The number of pyridine rings is 1. The van der Waals surface area contributed by atoms with Gasteiger partial charge in [0.1, 0.15) is 11.5 Å². The van der Waals surface area contributed by atoms with Gasteiger partial charge in [0.2, 0.25) is 0 Å². The smallest absolute Gasteiger partial charge is 0.264 e. The van der Waals surface area contributed by atoms with Crippen molar-refractivity contribution in [2.75, 3.05) is 13.2 Å². The molecule has 1 amide bonds. The Labute approximate surface area is 171 Å². The number of aryl methyl sites for hydroxylation is 1. The zero-order chi connectivity index (χ0) is 20.0. The molecule has 1 aromatic carbocycles. The summed E-state index contributed by atoms with van der Waals surface area (Å²) >= 11 is 1.39. The lowest BCUT2D eigenvalue weighted by molar-refractivity contribution is 0.0682. The first kappa shape index (κ1) is 18.1. The van der Waals surface area contributed by atoms with Gasteiger partial charge < -0.3 is 19.7 Å². The molecule has 29 heavy (non-hydrogen) atoms. The molecule has 1 aliphatic rings. The van der Waals surface area contributed by atoms with Crippen LogP contribution in [0.4, 0.5) is 0 Å². The zero-order valence-electron chi connectivity index (χ0n) is 16.0. The molecule has 2 N–H and O–H groups in total. The van der Waals surface area contributed by atoms with Gasteiger partial charge in [-0.2, -0.15) is 0 Å². The molecule has 3 aromatic heterocycles. The Hall–Kier alpha value is -2.90. The number of likely N-dealkylation sites (tertiary alicyclic amines) is 1. The predicted molar refractivity (Wildman–Crippen MR) is 114 cm³/mol. The quantitative estimate of drug-likeness (QED) is 0.523. The minimum atomic E-state index is -0.0899. The highest BCUT2D eigenvalue weighted by atomic mass is 32.1. The fourth-order valence-electron chi connectivity index (χ4n) is 3.98. The Balaban J connectivity index is 1.47. The number of aromatic nitrogens is 2. The molecule has 4 aromatic rings. The summed E-state index contributed by atoms with van der Waals surface area (Å²) in [5.74, 6) is 1.38. The number of nitrogens with one attached hydrogen (secondary N) is 1. The highest BCUT2D eigenvalue weighted by Crippen LogP contribution is 2.36. The van der Waals surface area contributed by atoms with Crippen molar-refractivity contribution in [3.05, 3.63) is 53.2 Å². The van der Waals surface area contributed by atoms with Crippen LogP contribution in [-0.4, -0.2) is 45.1 Å². The molecule has 1 saturated heterocycles. The van der Waals surface area contributed by atoms with Crippen molar-refractivity contribution in [1.82, 2.24) is 14.9 Å². The number of H-pyrrole nitrogens is 1. The number of carbonyl (C=O) groups excluding carboxylic acids is 1. The first-order chi connectivity index (χ1) is 14.1. The number of aliphatic hydroxyl groups excluding tert-OH is 1. The minimum absolute atomic E-state index is 0.00432. The number of rotatable bonds is 4. The van der Waals surface area contributed by atoms with Crippen LogP contribution in [-0.2, 0) is 0 Å². The summed E-state index contributed by atoms with van der Waals surface area (Å²) in [6.07, 6.45) is 3.47. The molecular weight excluding hydrogens is 386 g/mol. The number of ether oxygens (including phenoxy) is 1. The lowest BCUT2D eigenvalue weighted by atomic mass is 10.2. The van der Waals surface area contributed by atoms with Crippen LogP contribution in [0.5, 0.6) is 11.5 Å². The molecule has 0 aliphatic carbocycles. The van der Waals surface area contributed by atoms with E-state index >= 15 is 0 Å². The molecule has 1 aliphatic heterocycles. The van der Waals surface area contributed by atoms with E-state index in [1.54, 1.807) is 11.1 Å². The van der Waals surface area contributed by atoms with E-state index in [0.29, 0.717) is 17.2 Å². The Kier molecular flexibility index (Phi) is 4.49. The van der Waals surface area contributed by atoms with Crippen LogP contribution in [0.2, 0.25) is 0 Å². The maximum atomic E-state index is 13.0. The molecule has 0 spiro atoms. The van der Waals surface area contributed by atoms with Gasteiger partial charge in [0.05, 0.1) is 27.7 Å². The first-order valence-corrected chi connectivity index (χ1v) is 10.5. The van der Waals surface area contributed by atoms with E-state index in [-0.39, 0.29) is 18.6 Å². The lowest BCUT2D eigenvalue weighted by Crippen LogP contribution is -2.37. The number of thiophene rings is 1. The van der Waals surface area contributed by atoms with Crippen molar-refractivity contribution in [1.29, 1.82) is 0 Å². The van der Waals surface area contributed by atoms with E-state index in [1.807, 2.05) is 37.3 Å². The molecular formula is C22H21N3O3S. The number of nitrogens with zero attached hydrogens (tertiary/aromatic N) is 2. The fraction of sp³-hybridized carbons (Fsp3) is 0.273. The van der Waals surface area contributed by atoms with Crippen LogP contribution in [0.1, 0.15) is 28.2 Å². The zero-order valence-corrected chi connectivity index (χ0v) is 16.8. The van der Waals surface area contributed by atoms with Crippen LogP contribution >= 0.6 is 11.3 Å². The third-order valence-corrected chi connectivity index (χ3v) is 6.52. The number of fused-ring (bicyclic) bond motifs is 2. The Morgan fingerprint density at radius 1 is 1.34 bits per heavy atom. The maximum Gasteiger partial charge on any atom is 0.264 e. The van der Waals surface area contributed by atoms with Gasteiger partial charge >= 0.3 is 0 Å². The van der Waals surface area contributed by atoms with Gasteiger partial charge in [-0.3, -0.25) is 9.78 Å². The van der Waals surface area contributed by atoms with Crippen LogP contribution in [0.15, 0.2) is 42.6 Å². The van der Waals surface area contributed by atoms with E-state index in [2.05, 4.69) is 16.0 Å². The van der Waals surface area contributed by atoms with Gasteiger partial charge in [0, 0.05) is 35.4 Å². The molecule has 0 radical (unpaired) electrons. The molecule has 6 nitrogen and oxygen atoms in total. The van der Waals surface area contributed by atoms with Crippen molar-refractivity contribution in [3.8, 4) is 11.5 Å². The van der Waals surface area contributed by atoms with Crippen LogP contribution < -0.4 is 4.74 Å². The van der Waals surface area contributed by atoms with E-state index in [9.17, 15) is 9.90 Å². The van der Waals surface area contributed by atoms with Crippen molar-refractivity contribution >= 4 is 38.4 Å². The molecule has 1 atom stereocenters. The number of benzene rings is 1. The predicted octanol–water partition coefficient (Wildman–Crippen LogP) is 4.48. The highest BCUT2D eigenvalue weighted by Gasteiger charge is 2.30. The van der Waals surface area contributed by atoms with Crippen molar-refractivity contribution in [3.63, 3.8) is 0 Å². The van der Waals surface area contributed by atoms with Gasteiger partial charge in [0.15, 0.2) is 0 Å². The Bertz CT molecular complexity index is 1210. The second kappa shape index (κ2) is 7.17. The van der Waals surface area contributed by atoms with Gasteiger partial charge in [-0.25, -0.2) is 0 Å². The molecule has 0 saturated carbocycles. The second-order valence-electron chi connectivity index (χ2n) is 7.41. The number of hydrogen-bond donors (Lipinski definition) is 2. The second-order valence-corrected chi connectivity index (χ2v) is 8.47. The van der Waals surface area contributed by atoms with E-state index in [0.717, 1.165) is 45.4 Å².